The molecule has 0 spiro atoms. The molecule has 0 aliphatic rings. The Labute approximate surface area is 167 Å². The van der Waals surface area contributed by atoms with Gasteiger partial charge in [0.05, 0.1) is 0 Å². The monoisotopic (exact) mass is 372 g/mol. The summed E-state index contributed by atoms with van der Waals surface area (Å²) in [6, 6.07) is 16.5. The van der Waals surface area contributed by atoms with Crippen molar-refractivity contribution in [3.63, 3.8) is 0 Å². The third-order valence-corrected chi connectivity index (χ3v) is 5.07. The first-order valence-corrected chi connectivity index (χ1v) is 9.95. The van der Waals surface area contributed by atoms with Gasteiger partial charge >= 0.3 is 0 Å². The predicted octanol–water partition coefficient (Wildman–Crippen LogP) is 5.50. The molecule has 0 aliphatic heterocycles. The molecule has 3 nitrogen and oxygen atoms in total. The Balaban J connectivity index is 1.54. The first kappa shape index (κ1) is 19.9. The van der Waals surface area contributed by atoms with Crippen LogP contribution in [0.25, 0.3) is 0 Å². The number of hydrogen-bond acceptors (Lipinski definition) is 3. The quantitative estimate of drug-likeness (QED) is 0.524. The van der Waals surface area contributed by atoms with E-state index in [1.165, 1.54) is 11.1 Å². The zero-order chi connectivity index (χ0) is 19.9. The molecule has 2 aromatic heterocycles. The van der Waals surface area contributed by atoms with Gasteiger partial charge < -0.3 is 0 Å². The van der Waals surface area contributed by atoms with Crippen LogP contribution in [0.15, 0.2) is 67.1 Å². The average molecular weight is 373 g/mol. The standard InChI is InChI=1S/C25H28N2O/c1-18(2)23-9-6-20(7-10-23)15-24(28)13-19(3)25-11-8-22(17-27-25)14-21-5-4-12-26-16-21/h4-12,16-19H,13-15H2,1-3H3/t19-/m0/s1. The number of nitrogens with zero attached hydrogens (tertiary/aromatic N) is 2. The summed E-state index contributed by atoms with van der Waals surface area (Å²) in [4.78, 5) is 21.2. The first-order valence-electron chi connectivity index (χ1n) is 9.95. The van der Waals surface area contributed by atoms with Crippen LogP contribution in [0.5, 0.6) is 0 Å². The first-order chi connectivity index (χ1) is 13.5. The molecule has 0 bridgehead atoms. The second-order valence-corrected chi connectivity index (χ2v) is 7.85. The number of carbonyl (C=O) groups is 1. The van der Waals surface area contributed by atoms with E-state index in [1.54, 1.807) is 6.20 Å². The molecule has 3 aromatic rings. The average Bonchev–Trinajstić information content (AvgIpc) is 2.69. The van der Waals surface area contributed by atoms with Crippen LogP contribution in [0.1, 0.15) is 67.0 Å². The van der Waals surface area contributed by atoms with Crippen molar-refractivity contribution >= 4 is 5.78 Å². The molecule has 0 N–H and O–H groups in total. The van der Waals surface area contributed by atoms with Gasteiger partial charge in [-0.05, 0) is 40.3 Å². The molecule has 0 fully saturated rings. The number of hydrogen-bond donors (Lipinski definition) is 0. The third-order valence-electron chi connectivity index (χ3n) is 5.07. The van der Waals surface area contributed by atoms with Crippen LogP contribution in [-0.4, -0.2) is 15.8 Å². The van der Waals surface area contributed by atoms with Crippen LogP contribution in [0.2, 0.25) is 0 Å². The van der Waals surface area contributed by atoms with Gasteiger partial charge in [-0.3, -0.25) is 14.8 Å². The highest BCUT2D eigenvalue weighted by Gasteiger charge is 2.13. The summed E-state index contributed by atoms with van der Waals surface area (Å²) in [5, 5.41) is 0. The second-order valence-electron chi connectivity index (χ2n) is 7.85. The molecule has 0 aliphatic carbocycles. The summed E-state index contributed by atoms with van der Waals surface area (Å²) in [5.74, 6) is 0.887. The van der Waals surface area contributed by atoms with Crippen molar-refractivity contribution in [3.8, 4) is 0 Å². The number of carbonyl (C=O) groups excluding carboxylic acids is 1. The van der Waals surface area contributed by atoms with Crippen molar-refractivity contribution in [3.05, 3.63) is 95.1 Å². The van der Waals surface area contributed by atoms with Gasteiger partial charge in [-0.1, -0.05) is 57.2 Å². The van der Waals surface area contributed by atoms with E-state index in [0.717, 1.165) is 23.2 Å². The highest BCUT2D eigenvalue weighted by atomic mass is 16.1. The largest absolute Gasteiger partial charge is 0.299 e. The van der Waals surface area contributed by atoms with Crippen molar-refractivity contribution in [2.24, 2.45) is 0 Å². The van der Waals surface area contributed by atoms with Gasteiger partial charge in [0, 0.05) is 49.5 Å². The fourth-order valence-electron chi connectivity index (χ4n) is 3.34. The SMILES string of the molecule is CC(C)c1ccc(CC(=O)C[C@H](C)c2ccc(Cc3cccnc3)cn2)cc1. The van der Waals surface area contributed by atoms with E-state index < -0.39 is 0 Å². The van der Waals surface area contributed by atoms with E-state index in [0.29, 0.717) is 18.8 Å². The summed E-state index contributed by atoms with van der Waals surface area (Å²) >= 11 is 0. The van der Waals surface area contributed by atoms with Crippen molar-refractivity contribution in [1.82, 2.24) is 9.97 Å². The summed E-state index contributed by atoms with van der Waals surface area (Å²) in [6.07, 6.45) is 7.39. The number of rotatable bonds is 8. The Bertz CT molecular complexity index is 884. The number of pyridine rings is 2. The van der Waals surface area contributed by atoms with E-state index in [9.17, 15) is 4.79 Å². The summed E-state index contributed by atoms with van der Waals surface area (Å²) in [6.45, 7) is 6.43. The van der Waals surface area contributed by atoms with Crippen LogP contribution in [0, 0.1) is 0 Å². The Morgan fingerprint density at radius 1 is 0.893 bits per heavy atom. The van der Waals surface area contributed by atoms with E-state index in [2.05, 4.69) is 67.1 Å². The van der Waals surface area contributed by atoms with Gasteiger partial charge in [0.1, 0.15) is 5.78 Å². The van der Waals surface area contributed by atoms with Gasteiger partial charge in [-0.25, -0.2) is 0 Å². The maximum absolute atomic E-state index is 12.5. The lowest BCUT2D eigenvalue weighted by Crippen LogP contribution is -2.09. The summed E-state index contributed by atoms with van der Waals surface area (Å²) in [7, 11) is 0. The lowest BCUT2D eigenvalue weighted by molar-refractivity contribution is -0.118. The molecule has 0 unspecified atom stereocenters. The fourth-order valence-corrected chi connectivity index (χ4v) is 3.34. The van der Waals surface area contributed by atoms with E-state index in [-0.39, 0.29) is 11.7 Å². The van der Waals surface area contributed by atoms with Crippen molar-refractivity contribution in [2.75, 3.05) is 0 Å². The predicted molar refractivity (Wildman–Crippen MR) is 114 cm³/mol. The highest BCUT2D eigenvalue weighted by molar-refractivity contribution is 5.81. The summed E-state index contributed by atoms with van der Waals surface area (Å²) in [5.41, 5.74) is 5.68. The molecular formula is C25H28N2O. The molecule has 144 valence electrons. The molecule has 0 radical (unpaired) electrons. The molecule has 0 saturated heterocycles. The molecule has 28 heavy (non-hydrogen) atoms. The molecule has 3 heteroatoms. The minimum absolute atomic E-state index is 0.120. The molecule has 3 rings (SSSR count). The molecule has 0 amide bonds. The van der Waals surface area contributed by atoms with Gasteiger partial charge in [0.25, 0.3) is 0 Å². The number of Topliss-reactive ketones (excluding diaryl/α,β-unsaturated/α-hetero) is 1. The van der Waals surface area contributed by atoms with E-state index in [1.807, 2.05) is 24.5 Å². The maximum atomic E-state index is 12.5. The number of benzene rings is 1. The number of ketones is 1. The number of aromatic nitrogens is 2. The lowest BCUT2D eigenvalue weighted by atomic mass is 9.95. The van der Waals surface area contributed by atoms with E-state index in [4.69, 9.17) is 0 Å². The van der Waals surface area contributed by atoms with Crippen molar-refractivity contribution in [2.45, 2.75) is 51.9 Å². The van der Waals surface area contributed by atoms with Crippen LogP contribution in [-0.2, 0) is 17.6 Å². The topological polar surface area (TPSA) is 42.9 Å². The fraction of sp³-hybridized carbons (Fsp3) is 0.320. The van der Waals surface area contributed by atoms with Crippen LogP contribution >= 0.6 is 0 Å². The third kappa shape index (κ3) is 5.59. The zero-order valence-corrected chi connectivity index (χ0v) is 16.9. The smallest absolute Gasteiger partial charge is 0.137 e. The summed E-state index contributed by atoms with van der Waals surface area (Å²) < 4.78 is 0. The van der Waals surface area contributed by atoms with Gasteiger partial charge in [0.15, 0.2) is 0 Å². The minimum Gasteiger partial charge on any atom is -0.299 e. The van der Waals surface area contributed by atoms with E-state index >= 15 is 0 Å². The molecule has 0 saturated carbocycles. The van der Waals surface area contributed by atoms with Gasteiger partial charge in [0.2, 0.25) is 0 Å². The minimum atomic E-state index is 0.120. The van der Waals surface area contributed by atoms with Crippen molar-refractivity contribution < 1.29 is 4.79 Å². The maximum Gasteiger partial charge on any atom is 0.137 e. The Hall–Kier alpha value is -2.81. The van der Waals surface area contributed by atoms with Crippen LogP contribution < -0.4 is 0 Å². The molecule has 1 atom stereocenters. The molecular weight excluding hydrogens is 344 g/mol. The van der Waals surface area contributed by atoms with Crippen LogP contribution in [0.4, 0.5) is 0 Å². The Morgan fingerprint density at radius 2 is 1.61 bits per heavy atom. The zero-order valence-electron chi connectivity index (χ0n) is 16.9. The lowest BCUT2D eigenvalue weighted by Gasteiger charge is -2.12. The van der Waals surface area contributed by atoms with Gasteiger partial charge in [-0.15, -0.1) is 0 Å². The molecule has 2 heterocycles. The van der Waals surface area contributed by atoms with Gasteiger partial charge in [-0.2, -0.15) is 0 Å². The second kappa shape index (κ2) is 9.41. The Morgan fingerprint density at radius 3 is 2.21 bits per heavy atom. The van der Waals surface area contributed by atoms with Crippen molar-refractivity contribution in [1.29, 1.82) is 0 Å². The van der Waals surface area contributed by atoms with Crippen LogP contribution in [0.3, 0.4) is 0 Å². The molecule has 1 aromatic carbocycles. The normalized spacial score (nSPS) is 12.1. The highest BCUT2D eigenvalue weighted by Crippen LogP contribution is 2.20. The Kier molecular flexibility index (Phi) is 6.70.